The largest absolute Gasteiger partial charge is 0.416 e. The van der Waals surface area contributed by atoms with Crippen LogP contribution in [0, 0.1) is 0 Å². The Kier molecular flexibility index (Phi) is 8.45. The fourth-order valence-electron chi connectivity index (χ4n) is 4.41. The molecule has 0 bridgehead atoms. The average Bonchev–Trinajstić information content (AvgIpc) is 2.79. The molecule has 8 heteroatoms. The Morgan fingerprint density at radius 2 is 1.69 bits per heavy atom. The summed E-state index contributed by atoms with van der Waals surface area (Å²) in [6.45, 7) is 10.3. The Bertz CT molecular complexity index is 762. The van der Waals surface area contributed by atoms with E-state index in [9.17, 15) is 18.0 Å². The number of benzene rings is 1. The molecule has 0 atom stereocenters. The van der Waals surface area contributed by atoms with E-state index in [1.54, 1.807) is 12.1 Å². The lowest BCUT2D eigenvalue weighted by Crippen LogP contribution is -2.47. The van der Waals surface area contributed by atoms with Gasteiger partial charge in [-0.2, -0.15) is 13.2 Å². The Morgan fingerprint density at radius 1 is 1.06 bits per heavy atom. The van der Waals surface area contributed by atoms with Gasteiger partial charge >= 0.3 is 6.18 Å². The number of nitrogens with zero attached hydrogens (tertiary/aromatic N) is 3. The monoisotopic (exact) mass is 452 g/mol. The highest BCUT2D eigenvalue weighted by Crippen LogP contribution is 2.30. The summed E-state index contributed by atoms with van der Waals surface area (Å²) in [4.78, 5) is 19.1. The molecule has 2 aliphatic rings. The molecule has 0 radical (unpaired) electrons. The van der Waals surface area contributed by atoms with Crippen molar-refractivity contribution in [3.05, 3.63) is 41.6 Å². The quantitative estimate of drug-likeness (QED) is 0.676. The lowest BCUT2D eigenvalue weighted by Gasteiger charge is -2.36. The predicted octanol–water partition coefficient (Wildman–Crippen LogP) is 4.11. The van der Waals surface area contributed by atoms with Crippen LogP contribution >= 0.6 is 0 Å². The van der Waals surface area contributed by atoms with Gasteiger partial charge in [-0.1, -0.05) is 6.08 Å². The Labute approximate surface area is 189 Å². The number of alkyl halides is 3. The molecule has 0 saturated carbocycles. The third kappa shape index (κ3) is 6.89. The molecule has 32 heavy (non-hydrogen) atoms. The molecule has 1 aromatic rings. The van der Waals surface area contributed by atoms with E-state index >= 15 is 0 Å². The van der Waals surface area contributed by atoms with Gasteiger partial charge in [0.25, 0.3) is 0 Å². The second-order valence-corrected chi connectivity index (χ2v) is 8.74. The number of hydrogen-bond acceptors (Lipinski definition) is 4. The van der Waals surface area contributed by atoms with Gasteiger partial charge in [0.1, 0.15) is 0 Å². The molecule has 2 heterocycles. The standard InChI is InChI=1S/C24H35F3N4O/c1-3-19(2)30-13-10-21(11-14-30)28-23(32)5-4-12-29-15-17-31(18-16-29)22-8-6-20(7-9-22)24(25,26)27/h3,6-9,21H,4-5,10-18H2,1-2H3,(H,28,32)/b19-3+. The topological polar surface area (TPSA) is 38.8 Å². The van der Waals surface area contributed by atoms with Gasteiger partial charge in [-0.25, -0.2) is 0 Å². The second-order valence-electron chi connectivity index (χ2n) is 8.74. The first-order chi connectivity index (χ1) is 15.3. The summed E-state index contributed by atoms with van der Waals surface area (Å²) in [7, 11) is 0. The number of amides is 1. The van der Waals surface area contributed by atoms with E-state index < -0.39 is 11.7 Å². The highest BCUT2D eigenvalue weighted by molar-refractivity contribution is 5.76. The van der Waals surface area contributed by atoms with Crippen molar-refractivity contribution in [3.8, 4) is 0 Å². The van der Waals surface area contributed by atoms with Crippen LogP contribution in [-0.4, -0.2) is 67.6 Å². The molecular formula is C24H35F3N4O. The first-order valence-corrected chi connectivity index (χ1v) is 11.6. The summed E-state index contributed by atoms with van der Waals surface area (Å²) < 4.78 is 38.2. The zero-order valence-electron chi connectivity index (χ0n) is 19.1. The minimum atomic E-state index is -4.30. The van der Waals surface area contributed by atoms with Gasteiger partial charge in [0.05, 0.1) is 5.56 Å². The molecular weight excluding hydrogens is 417 g/mol. The molecule has 1 N–H and O–H groups in total. The van der Waals surface area contributed by atoms with Crippen molar-refractivity contribution in [2.24, 2.45) is 0 Å². The maximum absolute atomic E-state index is 12.7. The van der Waals surface area contributed by atoms with Crippen molar-refractivity contribution in [1.29, 1.82) is 0 Å². The number of rotatable bonds is 7. The minimum Gasteiger partial charge on any atom is -0.375 e. The molecule has 3 rings (SSSR count). The van der Waals surface area contributed by atoms with Crippen molar-refractivity contribution in [2.75, 3.05) is 50.7 Å². The second kappa shape index (κ2) is 11.1. The van der Waals surface area contributed by atoms with Crippen LogP contribution in [0.4, 0.5) is 18.9 Å². The van der Waals surface area contributed by atoms with Crippen LogP contribution in [0.1, 0.15) is 45.1 Å². The fourth-order valence-corrected chi connectivity index (χ4v) is 4.41. The summed E-state index contributed by atoms with van der Waals surface area (Å²) in [6.07, 6.45) is 1.16. The number of hydrogen-bond donors (Lipinski definition) is 1. The summed E-state index contributed by atoms with van der Waals surface area (Å²) in [5, 5.41) is 3.19. The molecule has 1 aromatic carbocycles. The maximum Gasteiger partial charge on any atom is 0.416 e. The lowest BCUT2D eigenvalue weighted by molar-refractivity contribution is -0.137. The number of allylic oxidation sites excluding steroid dienone is 2. The zero-order valence-corrected chi connectivity index (χ0v) is 19.1. The molecule has 0 spiro atoms. The van der Waals surface area contributed by atoms with E-state index in [1.807, 2.05) is 0 Å². The molecule has 5 nitrogen and oxygen atoms in total. The Hall–Kier alpha value is -2.22. The molecule has 178 valence electrons. The van der Waals surface area contributed by atoms with E-state index in [2.05, 4.69) is 39.9 Å². The van der Waals surface area contributed by atoms with E-state index in [4.69, 9.17) is 0 Å². The van der Waals surface area contributed by atoms with Gasteiger partial charge in [0, 0.05) is 63.1 Å². The first-order valence-electron chi connectivity index (χ1n) is 11.6. The van der Waals surface area contributed by atoms with Crippen LogP contribution in [0.15, 0.2) is 36.0 Å². The van der Waals surface area contributed by atoms with Gasteiger partial charge in [0.15, 0.2) is 0 Å². The third-order valence-electron chi connectivity index (χ3n) is 6.59. The molecule has 0 unspecified atom stereocenters. The third-order valence-corrected chi connectivity index (χ3v) is 6.59. The SMILES string of the molecule is C/C=C(\C)N1CCC(NC(=O)CCCN2CCN(c3ccc(C(F)(F)F)cc3)CC2)CC1. The van der Waals surface area contributed by atoms with Gasteiger partial charge in [-0.15, -0.1) is 0 Å². The predicted molar refractivity (Wildman–Crippen MR) is 121 cm³/mol. The van der Waals surface area contributed by atoms with Gasteiger partial charge in [-0.3, -0.25) is 9.69 Å². The number of nitrogens with one attached hydrogen (secondary N) is 1. The number of likely N-dealkylation sites (tertiary alicyclic amines) is 1. The number of halogens is 3. The zero-order chi connectivity index (χ0) is 23.1. The highest BCUT2D eigenvalue weighted by Gasteiger charge is 2.30. The minimum absolute atomic E-state index is 0.134. The molecule has 2 saturated heterocycles. The van der Waals surface area contributed by atoms with Crippen molar-refractivity contribution in [3.63, 3.8) is 0 Å². The molecule has 0 aromatic heterocycles. The molecule has 0 aliphatic carbocycles. The number of piperidine rings is 1. The van der Waals surface area contributed by atoms with E-state index in [0.29, 0.717) is 6.42 Å². The van der Waals surface area contributed by atoms with Gasteiger partial charge in [-0.05, 0) is 63.9 Å². The van der Waals surface area contributed by atoms with Crippen molar-refractivity contribution >= 4 is 11.6 Å². The van der Waals surface area contributed by atoms with Crippen LogP contribution in [0.3, 0.4) is 0 Å². The van der Waals surface area contributed by atoms with Crippen LogP contribution < -0.4 is 10.2 Å². The van der Waals surface area contributed by atoms with Crippen LogP contribution in [-0.2, 0) is 11.0 Å². The van der Waals surface area contributed by atoms with E-state index in [1.165, 1.54) is 5.70 Å². The smallest absolute Gasteiger partial charge is 0.375 e. The maximum atomic E-state index is 12.7. The normalized spacial score (nSPS) is 19.3. The molecule has 1 amide bonds. The van der Waals surface area contributed by atoms with Gasteiger partial charge < -0.3 is 15.1 Å². The van der Waals surface area contributed by atoms with Crippen molar-refractivity contribution < 1.29 is 18.0 Å². The average molecular weight is 453 g/mol. The van der Waals surface area contributed by atoms with Crippen LogP contribution in [0.5, 0.6) is 0 Å². The fraction of sp³-hybridized carbons (Fsp3) is 0.625. The summed E-state index contributed by atoms with van der Waals surface area (Å²) in [5.74, 6) is 0.134. The molecule has 2 fully saturated rings. The number of anilines is 1. The summed E-state index contributed by atoms with van der Waals surface area (Å²) in [5.41, 5.74) is 1.51. The molecule has 2 aliphatic heterocycles. The Balaban J connectivity index is 1.31. The highest BCUT2D eigenvalue weighted by atomic mass is 19.4. The van der Waals surface area contributed by atoms with Crippen LogP contribution in [0.25, 0.3) is 0 Å². The first kappa shape index (κ1) is 24.4. The van der Waals surface area contributed by atoms with E-state index in [-0.39, 0.29) is 11.9 Å². The lowest BCUT2D eigenvalue weighted by atomic mass is 10.0. The number of piperazine rings is 1. The summed E-state index contributed by atoms with van der Waals surface area (Å²) in [6, 6.07) is 5.66. The summed E-state index contributed by atoms with van der Waals surface area (Å²) >= 11 is 0. The Morgan fingerprint density at radius 3 is 2.25 bits per heavy atom. The van der Waals surface area contributed by atoms with Crippen molar-refractivity contribution in [2.45, 2.75) is 51.7 Å². The number of carbonyl (C=O) groups excluding carboxylic acids is 1. The van der Waals surface area contributed by atoms with Crippen molar-refractivity contribution in [1.82, 2.24) is 15.1 Å². The van der Waals surface area contributed by atoms with Gasteiger partial charge in [0.2, 0.25) is 5.91 Å². The number of carbonyl (C=O) groups is 1. The van der Waals surface area contributed by atoms with E-state index in [0.717, 1.165) is 82.9 Å². The van der Waals surface area contributed by atoms with Crippen LogP contribution in [0.2, 0.25) is 0 Å².